The molecule has 0 aliphatic carbocycles. The van der Waals surface area contributed by atoms with Crippen LogP contribution in [0.2, 0.25) is 0 Å². The van der Waals surface area contributed by atoms with Gasteiger partial charge in [-0.05, 0) is 24.6 Å². The summed E-state index contributed by atoms with van der Waals surface area (Å²) in [5, 5.41) is 7.35. The monoisotopic (exact) mass is 315 g/mol. The van der Waals surface area contributed by atoms with E-state index in [-0.39, 0.29) is 5.16 Å². The molecule has 0 amide bonds. The van der Waals surface area contributed by atoms with E-state index in [1.54, 1.807) is 7.11 Å². The number of nitrogens with zero attached hydrogens (tertiary/aromatic N) is 3. The molecule has 0 spiro atoms. The molecule has 108 valence electrons. The lowest BCUT2D eigenvalue weighted by Crippen LogP contribution is -2.08. The number of hydrogen-bond acceptors (Lipinski definition) is 5. The number of methoxy groups -OCH3 is 1. The van der Waals surface area contributed by atoms with Crippen LogP contribution in [0, 0.1) is 0 Å². The van der Waals surface area contributed by atoms with Crippen molar-refractivity contribution in [1.82, 2.24) is 14.8 Å². The van der Waals surface area contributed by atoms with Gasteiger partial charge in [-0.2, -0.15) is 0 Å². The van der Waals surface area contributed by atoms with Gasteiger partial charge in [0.05, 0.1) is 7.11 Å². The van der Waals surface area contributed by atoms with Crippen molar-refractivity contribution < 1.29 is 13.2 Å². The zero-order chi connectivity index (χ0) is 14.8. The van der Waals surface area contributed by atoms with Crippen molar-refractivity contribution in [3.63, 3.8) is 0 Å². The molecule has 1 aromatic heterocycles. The fraction of sp³-hybridized carbons (Fsp3) is 0.333. The van der Waals surface area contributed by atoms with Crippen molar-refractivity contribution in [3.05, 3.63) is 35.7 Å². The molecule has 0 aliphatic heterocycles. The Morgan fingerprint density at radius 3 is 2.40 bits per heavy atom. The lowest BCUT2D eigenvalue weighted by atomic mass is 10.1. The first-order valence-corrected chi connectivity index (χ1v) is 8.26. The average Bonchev–Trinajstić information content (AvgIpc) is 2.82. The Hall–Kier alpha value is -1.60. The molecule has 0 aliphatic rings. The maximum Gasteiger partial charge on any atom is 0.296 e. The number of aromatic nitrogens is 3. The van der Waals surface area contributed by atoms with Gasteiger partial charge in [0.2, 0.25) is 0 Å². The van der Waals surface area contributed by atoms with Crippen molar-refractivity contribution in [2.24, 2.45) is 0 Å². The first kappa shape index (κ1) is 14.8. The van der Waals surface area contributed by atoms with E-state index in [2.05, 4.69) is 10.2 Å². The van der Waals surface area contributed by atoms with Crippen LogP contribution in [-0.4, -0.2) is 30.3 Å². The molecular weight excluding hydrogens is 302 g/mol. The smallest absolute Gasteiger partial charge is 0.296 e. The van der Waals surface area contributed by atoms with Crippen molar-refractivity contribution in [2.75, 3.05) is 7.11 Å². The lowest BCUT2D eigenvalue weighted by molar-refractivity contribution is 0.414. The zero-order valence-electron chi connectivity index (χ0n) is 11.1. The van der Waals surface area contributed by atoms with Crippen LogP contribution in [-0.2, 0) is 22.0 Å². The molecule has 2 rings (SSSR count). The standard InChI is InChI=1S/C12H14ClN3O3S/c1-3-16-11(14-15-12(16)20(13,17)18)8-9-4-6-10(19-2)7-5-9/h4-7H,3,8H2,1-2H3. The van der Waals surface area contributed by atoms with Crippen molar-refractivity contribution in [1.29, 1.82) is 0 Å². The number of rotatable bonds is 5. The second-order valence-corrected chi connectivity index (χ2v) is 6.57. The average molecular weight is 316 g/mol. The van der Waals surface area contributed by atoms with Gasteiger partial charge in [-0.3, -0.25) is 0 Å². The molecule has 0 radical (unpaired) electrons. The Kier molecular flexibility index (Phi) is 4.29. The van der Waals surface area contributed by atoms with Gasteiger partial charge in [-0.15, -0.1) is 10.2 Å². The maximum atomic E-state index is 11.4. The summed E-state index contributed by atoms with van der Waals surface area (Å²) in [4.78, 5) is 0. The second-order valence-electron chi connectivity index (χ2n) is 4.11. The normalized spacial score (nSPS) is 11.6. The summed E-state index contributed by atoms with van der Waals surface area (Å²) < 4.78 is 29.4. The highest BCUT2D eigenvalue weighted by atomic mass is 35.7. The Morgan fingerprint density at radius 1 is 1.25 bits per heavy atom. The third kappa shape index (κ3) is 3.10. The van der Waals surface area contributed by atoms with E-state index >= 15 is 0 Å². The molecule has 8 heteroatoms. The first-order chi connectivity index (χ1) is 9.45. The predicted octanol–water partition coefficient (Wildman–Crippen LogP) is 1.82. The summed E-state index contributed by atoms with van der Waals surface area (Å²) >= 11 is 0. The van der Waals surface area contributed by atoms with Gasteiger partial charge in [0, 0.05) is 23.6 Å². The van der Waals surface area contributed by atoms with Crippen molar-refractivity contribution in [3.8, 4) is 5.75 Å². The Balaban J connectivity index is 2.31. The van der Waals surface area contributed by atoms with Crippen LogP contribution in [0.3, 0.4) is 0 Å². The van der Waals surface area contributed by atoms with E-state index in [1.807, 2.05) is 31.2 Å². The van der Waals surface area contributed by atoms with E-state index in [0.29, 0.717) is 18.8 Å². The molecule has 0 bridgehead atoms. The molecule has 2 aromatic rings. The van der Waals surface area contributed by atoms with Crippen LogP contribution in [0.15, 0.2) is 29.4 Å². The van der Waals surface area contributed by atoms with Gasteiger partial charge in [0.25, 0.3) is 14.2 Å². The third-order valence-corrected chi connectivity index (χ3v) is 4.00. The molecule has 6 nitrogen and oxygen atoms in total. The Labute approximate surface area is 121 Å². The van der Waals surface area contributed by atoms with E-state index in [4.69, 9.17) is 15.4 Å². The zero-order valence-corrected chi connectivity index (χ0v) is 12.6. The summed E-state index contributed by atoms with van der Waals surface area (Å²) in [5.41, 5.74) is 0.978. The largest absolute Gasteiger partial charge is 0.497 e. The van der Waals surface area contributed by atoms with Crippen LogP contribution in [0.25, 0.3) is 0 Å². The molecule has 1 heterocycles. The van der Waals surface area contributed by atoms with Crippen LogP contribution >= 0.6 is 10.7 Å². The Morgan fingerprint density at radius 2 is 1.90 bits per heavy atom. The first-order valence-electron chi connectivity index (χ1n) is 5.95. The van der Waals surface area contributed by atoms with Crippen LogP contribution < -0.4 is 4.74 Å². The van der Waals surface area contributed by atoms with Gasteiger partial charge in [-0.1, -0.05) is 12.1 Å². The van der Waals surface area contributed by atoms with Gasteiger partial charge < -0.3 is 9.30 Å². The molecule has 0 saturated heterocycles. The summed E-state index contributed by atoms with van der Waals surface area (Å²) in [5.74, 6) is 1.31. The molecule has 0 N–H and O–H groups in total. The molecule has 1 aromatic carbocycles. The second kappa shape index (κ2) is 5.80. The molecule has 0 fully saturated rings. The van der Waals surface area contributed by atoms with Crippen LogP contribution in [0.4, 0.5) is 0 Å². The fourth-order valence-corrected chi connectivity index (χ4v) is 2.85. The molecular formula is C12H14ClN3O3S. The molecule has 0 saturated carbocycles. The summed E-state index contributed by atoms with van der Waals surface area (Å²) in [7, 11) is 3.04. The minimum atomic E-state index is -3.89. The summed E-state index contributed by atoms with van der Waals surface area (Å²) in [6, 6.07) is 7.45. The molecule has 20 heavy (non-hydrogen) atoms. The van der Waals surface area contributed by atoms with E-state index in [9.17, 15) is 8.42 Å². The minimum absolute atomic E-state index is 0.217. The fourth-order valence-electron chi connectivity index (χ4n) is 1.87. The topological polar surface area (TPSA) is 74.1 Å². The van der Waals surface area contributed by atoms with Gasteiger partial charge >= 0.3 is 0 Å². The minimum Gasteiger partial charge on any atom is -0.497 e. The van der Waals surface area contributed by atoms with Gasteiger partial charge in [-0.25, -0.2) is 8.42 Å². The van der Waals surface area contributed by atoms with Crippen molar-refractivity contribution in [2.45, 2.75) is 25.0 Å². The highest BCUT2D eigenvalue weighted by Gasteiger charge is 2.21. The quantitative estimate of drug-likeness (QED) is 0.787. The van der Waals surface area contributed by atoms with E-state index in [1.165, 1.54) is 4.57 Å². The van der Waals surface area contributed by atoms with Crippen LogP contribution in [0.5, 0.6) is 5.75 Å². The number of benzene rings is 1. The van der Waals surface area contributed by atoms with E-state index < -0.39 is 9.05 Å². The van der Waals surface area contributed by atoms with Crippen LogP contribution in [0.1, 0.15) is 18.3 Å². The number of hydrogen-bond donors (Lipinski definition) is 0. The molecule has 0 unspecified atom stereocenters. The highest BCUT2D eigenvalue weighted by Crippen LogP contribution is 2.18. The third-order valence-electron chi connectivity index (χ3n) is 2.85. The number of halogens is 1. The molecule has 0 atom stereocenters. The lowest BCUT2D eigenvalue weighted by Gasteiger charge is -2.06. The van der Waals surface area contributed by atoms with E-state index in [0.717, 1.165) is 11.3 Å². The Bertz CT molecular complexity index is 695. The predicted molar refractivity (Wildman–Crippen MR) is 74.5 cm³/mol. The van der Waals surface area contributed by atoms with Gasteiger partial charge in [0.1, 0.15) is 11.6 Å². The number of ether oxygens (including phenoxy) is 1. The highest BCUT2D eigenvalue weighted by molar-refractivity contribution is 8.13. The SMILES string of the molecule is CCn1c(Cc2ccc(OC)cc2)nnc1S(=O)(=O)Cl. The maximum absolute atomic E-state index is 11.4. The summed E-state index contributed by atoms with van der Waals surface area (Å²) in [6.07, 6.45) is 0.469. The summed E-state index contributed by atoms with van der Waals surface area (Å²) in [6.45, 7) is 2.24. The van der Waals surface area contributed by atoms with Crippen molar-refractivity contribution >= 4 is 19.7 Å². The van der Waals surface area contributed by atoms with Gasteiger partial charge in [0.15, 0.2) is 0 Å².